The largest absolute Gasteiger partial charge is 0.338 e. The summed E-state index contributed by atoms with van der Waals surface area (Å²) in [5, 5.41) is 17.8. The van der Waals surface area contributed by atoms with Crippen LogP contribution in [0.1, 0.15) is 36.7 Å². The number of hydrogen-bond acceptors (Lipinski definition) is 7. The van der Waals surface area contributed by atoms with E-state index in [9.17, 15) is 4.79 Å². The lowest BCUT2D eigenvalue weighted by atomic mass is 9.92. The van der Waals surface area contributed by atoms with Gasteiger partial charge in [0.1, 0.15) is 17.8 Å². The lowest BCUT2D eigenvalue weighted by Crippen LogP contribution is -2.39. The number of carbonyl (C=O) groups excluding carboxylic acids is 1. The van der Waals surface area contributed by atoms with Gasteiger partial charge in [-0.2, -0.15) is 14.2 Å². The van der Waals surface area contributed by atoms with Crippen LogP contribution in [0.25, 0.3) is 33.9 Å². The number of H-pyrrole nitrogens is 2. The molecular weight excluding hydrogens is 542 g/mol. The second-order valence-electron chi connectivity index (χ2n) is 9.56. The van der Waals surface area contributed by atoms with Crippen LogP contribution in [0.15, 0.2) is 55.1 Å². The van der Waals surface area contributed by atoms with E-state index in [0.717, 1.165) is 0 Å². The minimum absolute atomic E-state index is 0.0720. The van der Waals surface area contributed by atoms with Crippen LogP contribution in [0.2, 0.25) is 5.02 Å². The molecule has 0 radical (unpaired) electrons. The van der Waals surface area contributed by atoms with Crippen molar-refractivity contribution in [2.24, 2.45) is 0 Å². The first-order valence-electron chi connectivity index (χ1n) is 12.4. The first-order valence-corrected chi connectivity index (χ1v) is 12.8. The molecule has 7 rings (SSSR count). The van der Waals surface area contributed by atoms with Crippen LogP contribution < -0.4 is 0 Å². The highest BCUT2D eigenvalue weighted by molar-refractivity contribution is 6.31. The minimum Gasteiger partial charge on any atom is -0.338 e. The number of halogens is 3. The minimum atomic E-state index is -0.673. The van der Waals surface area contributed by atoms with Crippen LogP contribution in [0.4, 0.5) is 8.78 Å². The zero-order chi connectivity index (χ0) is 27.4. The lowest BCUT2D eigenvalue weighted by Gasteiger charge is -2.33. The molecule has 1 amide bonds. The Morgan fingerprint density at radius 3 is 2.80 bits per heavy atom. The van der Waals surface area contributed by atoms with Gasteiger partial charge in [0.05, 0.1) is 28.1 Å². The summed E-state index contributed by atoms with van der Waals surface area (Å²) in [7, 11) is 0. The number of benzene rings is 1. The topological polar surface area (TPSA) is 134 Å². The van der Waals surface area contributed by atoms with Crippen LogP contribution in [0, 0.1) is 11.8 Å². The molecule has 6 heterocycles. The fourth-order valence-corrected chi connectivity index (χ4v) is 5.71. The van der Waals surface area contributed by atoms with Crippen molar-refractivity contribution < 1.29 is 13.6 Å². The molecule has 0 unspecified atom stereocenters. The molecule has 4 aromatic heterocycles. The summed E-state index contributed by atoms with van der Waals surface area (Å²) in [6.07, 6.45) is 7.51. The molecule has 1 saturated heterocycles. The van der Waals surface area contributed by atoms with Gasteiger partial charge in [0.15, 0.2) is 5.82 Å². The van der Waals surface area contributed by atoms with E-state index in [2.05, 4.69) is 40.7 Å². The highest BCUT2D eigenvalue weighted by Gasteiger charge is 2.42. The second-order valence-corrected chi connectivity index (χ2v) is 9.97. The summed E-state index contributed by atoms with van der Waals surface area (Å²) < 4.78 is 31.8. The number of nitrogens with one attached hydrogen (secondary N) is 2. The van der Waals surface area contributed by atoms with Gasteiger partial charge in [-0.25, -0.2) is 9.37 Å². The van der Waals surface area contributed by atoms with E-state index in [0.29, 0.717) is 53.3 Å². The number of imidazole rings is 1. The molecule has 5 aromatic rings. The highest BCUT2D eigenvalue weighted by atomic mass is 35.5. The molecule has 1 fully saturated rings. The number of nitrogens with zero attached hydrogens (tertiary/aromatic N) is 8. The summed E-state index contributed by atoms with van der Waals surface area (Å²) in [5.41, 5.74) is 3.10. The van der Waals surface area contributed by atoms with Gasteiger partial charge in [0, 0.05) is 35.6 Å². The number of carbonyl (C=O) groups is 1. The van der Waals surface area contributed by atoms with Crippen molar-refractivity contribution in [3.8, 4) is 28.3 Å². The van der Waals surface area contributed by atoms with Gasteiger partial charge in [-0.15, -0.1) is 5.10 Å². The van der Waals surface area contributed by atoms with Crippen molar-refractivity contribution in [3.63, 3.8) is 0 Å². The highest BCUT2D eigenvalue weighted by Crippen LogP contribution is 2.44. The van der Waals surface area contributed by atoms with Crippen molar-refractivity contribution in [2.75, 3.05) is 0 Å². The van der Waals surface area contributed by atoms with E-state index in [4.69, 9.17) is 11.6 Å². The molecule has 0 aliphatic carbocycles. The first-order chi connectivity index (χ1) is 19.5. The Labute approximate surface area is 229 Å². The third-order valence-corrected chi connectivity index (χ3v) is 7.61. The predicted molar refractivity (Wildman–Crippen MR) is 139 cm³/mol. The van der Waals surface area contributed by atoms with Crippen LogP contribution in [0.5, 0.6) is 0 Å². The Morgan fingerprint density at radius 1 is 1.10 bits per heavy atom. The summed E-state index contributed by atoms with van der Waals surface area (Å²) >= 11 is 6.11. The van der Waals surface area contributed by atoms with E-state index in [1.165, 1.54) is 23.2 Å². The Kier molecular flexibility index (Phi) is 5.73. The molecular formula is C26H19ClF2N10O. The van der Waals surface area contributed by atoms with Gasteiger partial charge in [-0.3, -0.25) is 14.9 Å². The number of amides is 1. The van der Waals surface area contributed by atoms with Crippen molar-refractivity contribution in [1.82, 2.24) is 50.3 Å². The lowest BCUT2D eigenvalue weighted by molar-refractivity contribution is -0.129. The van der Waals surface area contributed by atoms with Gasteiger partial charge in [-0.1, -0.05) is 11.6 Å². The molecule has 200 valence electrons. The molecule has 2 atom stereocenters. The smallest absolute Gasteiger partial charge is 0.247 e. The average Bonchev–Trinajstić information content (AvgIpc) is 3.77. The number of rotatable bonds is 5. The zero-order valence-electron chi connectivity index (χ0n) is 20.6. The summed E-state index contributed by atoms with van der Waals surface area (Å²) in [5.74, 6) is -1.29. The summed E-state index contributed by atoms with van der Waals surface area (Å²) in [4.78, 5) is 26.7. The normalized spacial score (nSPS) is 18.7. The quantitative estimate of drug-likeness (QED) is 0.327. The van der Waals surface area contributed by atoms with Gasteiger partial charge in [0.25, 0.3) is 0 Å². The molecule has 0 bridgehead atoms. The fourth-order valence-electron chi connectivity index (χ4n) is 5.55. The zero-order valence-corrected chi connectivity index (χ0v) is 21.3. The van der Waals surface area contributed by atoms with Gasteiger partial charge in [-0.05, 0) is 65.6 Å². The van der Waals surface area contributed by atoms with Crippen LogP contribution in [-0.4, -0.2) is 62.2 Å². The predicted octanol–water partition coefficient (Wildman–Crippen LogP) is 4.29. The van der Waals surface area contributed by atoms with Gasteiger partial charge in [0.2, 0.25) is 11.9 Å². The van der Waals surface area contributed by atoms with Crippen molar-refractivity contribution in [2.45, 2.75) is 31.3 Å². The van der Waals surface area contributed by atoms with Crippen molar-refractivity contribution >= 4 is 23.1 Å². The van der Waals surface area contributed by atoms with E-state index < -0.39 is 17.8 Å². The van der Waals surface area contributed by atoms with E-state index >= 15 is 8.78 Å². The Hall–Kier alpha value is -4.78. The molecule has 14 heteroatoms. The van der Waals surface area contributed by atoms with E-state index in [1.54, 1.807) is 41.6 Å². The van der Waals surface area contributed by atoms with Crippen molar-refractivity contribution in [1.29, 1.82) is 0 Å². The summed E-state index contributed by atoms with van der Waals surface area (Å²) in [6.45, 7) is 0. The molecule has 40 heavy (non-hydrogen) atoms. The van der Waals surface area contributed by atoms with E-state index in [1.807, 2.05) is 0 Å². The van der Waals surface area contributed by atoms with Crippen LogP contribution >= 0.6 is 11.6 Å². The van der Waals surface area contributed by atoms with Crippen LogP contribution in [0.3, 0.4) is 0 Å². The number of hydrogen-bond donors (Lipinski definition) is 2. The number of aromatic amines is 2. The molecule has 2 aliphatic rings. The van der Waals surface area contributed by atoms with E-state index in [-0.39, 0.29) is 28.2 Å². The molecule has 11 nitrogen and oxygen atoms in total. The van der Waals surface area contributed by atoms with Gasteiger partial charge < -0.3 is 9.88 Å². The average molecular weight is 561 g/mol. The number of tetrazole rings is 1. The standard InChI is InChI=1S/C26H19ClF2N10O/c27-16-2-4-19(38-12-32-36-37-38)22(23(16)28)14-9-15-1-3-20(39(15)21(40)11-14)26-33-24(25(29)34-26)13-5-7-30-18(10-13)17-6-8-31-35-17/h2,4-8,10-12,15,20H,1,3,9H2,(H,31,35)(H,33,34)/t15-,20+/m1/s1. The Balaban J connectivity index is 1.21. The van der Waals surface area contributed by atoms with Gasteiger partial charge >= 0.3 is 0 Å². The molecule has 0 spiro atoms. The number of aromatic nitrogens is 9. The SMILES string of the molecule is O=C1C=C(c2c(-n3cnnn3)ccc(Cl)c2F)C[C@H]2CC[C@@H](c3nc(F)c(-c4ccnc(-c5ccn[nH]5)c4)[nH]3)N12. The maximum Gasteiger partial charge on any atom is 0.247 e. The molecule has 0 saturated carbocycles. The summed E-state index contributed by atoms with van der Waals surface area (Å²) in [6, 6.07) is 7.51. The second kappa shape index (κ2) is 9.45. The van der Waals surface area contributed by atoms with Crippen molar-refractivity contribution in [3.05, 3.63) is 83.3 Å². The van der Waals surface area contributed by atoms with Crippen LogP contribution in [-0.2, 0) is 4.79 Å². The maximum atomic E-state index is 15.3. The first kappa shape index (κ1) is 24.3. The molecule has 2 aliphatic heterocycles. The monoisotopic (exact) mass is 560 g/mol. The Bertz CT molecular complexity index is 1770. The third-order valence-electron chi connectivity index (χ3n) is 7.32. The molecule has 2 N–H and O–H groups in total. The fraction of sp³-hybridized carbons (Fsp3) is 0.192. The maximum absolute atomic E-state index is 15.3. The molecule has 1 aromatic carbocycles. The number of fused-ring (bicyclic) bond motifs is 1. The third kappa shape index (κ3) is 3.97. The number of pyridine rings is 1. The Morgan fingerprint density at radius 2 is 2.00 bits per heavy atom.